The van der Waals surface area contributed by atoms with Crippen molar-refractivity contribution in [1.82, 2.24) is 10.2 Å². The maximum Gasteiger partial charge on any atom is 0.151 e. The van der Waals surface area contributed by atoms with E-state index in [-0.39, 0.29) is 0 Å². The molecule has 0 aromatic carbocycles. The van der Waals surface area contributed by atoms with Crippen LogP contribution in [0, 0.1) is 6.92 Å². The molecular weight excluding hydrogens is 138 g/mol. The molecule has 0 saturated heterocycles. The molecule has 1 rings (SSSR count). The molecule has 0 spiro atoms. The van der Waals surface area contributed by atoms with Gasteiger partial charge in [0, 0.05) is 7.05 Å². The summed E-state index contributed by atoms with van der Waals surface area (Å²) in [5.74, 6) is 0.815. The van der Waals surface area contributed by atoms with E-state index in [1.807, 2.05) is 20.0 Å². The molecule has 0 amide bonds. The van der Waals surface area contributed by atoms with Crippen LogP contribution in [-0.4, -0.2) is 17.2 Å². The van der Waals surface area contributed by atoms with Gasteiger partial charge in [0.1, 0.15) is 0 Å². The molecule has 0 aliphatic carbocycles. The van der Waals surface area contributed by atoms with Crippen LogP contribution in [0.5, 0.6) is 0 Å². The van der Waals surface area contributed by atoms with Gasteiger partial charge in [0.2, 0.25) is 0 Å². The normalized spacial score (nSPS) is 9.27. The van der Waals surface area contributed by atoms with Gasteiger partial charge >= 0.3 is 0 Å². The molecule has 1 heterocycles. The third-order valence-corrected chi connectivity index (χ3v) is 1.45. The molecule has 0 unspecified atom stereocenters. The van der Waals surface area contributed by atoms with Gasteiger partial charge < -0.3 is 5.32 Å². The standard InChI is InChI=1S/C8H11N3/c1-4-7-5-6(2)8(9-3)11-10-7/h4-5H,1H2,2-3H3,(H,9,11). The van der Waals surface area contributed by atoms with Gasteiger partial charge in [-0.05, 0) is 24.6 Å². The van der Waals surface area contributed by atoms with E-state index < -0.39 is 0 Å². The summed E-state index contributed by atoms with van der Waals surface area (Å²) in [6.07, 6.45) is 1.68. The average molecular weight is 149 g/mol. The van der Waals surface area contributed by atoms with Crippen molar-refractivity contribution in [3.63, 3.8) is 0 Å². The third-order valence-electron chi connectivity index (χ3n) is 1.45. The van der Waals surface area contributed by atoms with Crippen LogP contribution in [0.4, 0.5) is 5.82 Å². The number of aromatic nitrogens is 2. The van der Waals surface area contributed by atoms with E-state index in [1.165, 1.54) is 0 Å². The molecule has 1 N–H and O–H groups in total. The highest BCUT2D eigenvalue weighted by molar-refractivity contribution is 5.48. The summed E-state index contributed by atoms with van der Waals surface area (Å²) in [5, 5.41) is 10.8. The molecule has 0 atom stereocenters. The minimum absolute atomic E-state index is 0.807. The van der Waals surface area contributed by atoms with Crippen molar-refractivity contribution in [1.29, 1.82) is 0 Å². The lowest BCUT2D eigenvalue weighted by Crippen LogP contribution is -1.98. The zero-order valence-corrected chi connectivity index (χ0v) is 6.76. The number of nitrogens with zero attached hydrogens (tertiary/aromatic N) is 2. The van der Waals surface area contributed by atoms with Gasteiger partial charge in [-0.3, -0.25) is 0 Å². The van der Waals surface area contributed by atoms with E-state index in [0.29, 0.717) is 0 Å². The maximum absolute atomic E-state index is 3.94. The number of aryl methyl sites for hydroxylation is 1. The van der Waals surface area contributed by atoms with E-state index in [1.54, 1.807) is 6.08 Å². The summed E-state index contributed by atoms with van der Waals surface area (Å²) in [6, 6.07) is 1.94. The maximum atomic E-state index is 3.94. The van der Waals surface area contributed by atoms with Gasteiger partial charge in [-0.25, -0.2) is 0 Å². The second-order valence-electron chi connectivity index (χ2n) is 2.25. The Morgan fingerprint density at radius 2 is 2.27 bits per heavy atom. The summed E-state index contributed by atoms with van der Waals surface area (Å²) in [6.45, 7) is 5.58. The van der Waals surface area contributed by atoms with Gasteiger partial charge in [-0.2, -0.15) is 0 Å². The predicted molar refractivity (Wildman–Crippen MR) is 46.4 cm³/mol. The molecule has 0 aliphatic rings. The van der Waals surface area contributed by atoms with E-state index in [2.05, 4.69) is 22.1 Å². The summed E-state index contributed by atoms with van der Waals surface area (Å²) < 4.78 is 0. The number of anilines is 1. The number of hydrogen-bond acceptors (Lipinski definition) is 3. The fourth-order valence-corrected chi connectivity index (χ4v) is 0.853. The minimum Gasteiger partial charge on any atom is -0.371 e. The Morgan fingerprint density at radius 3 is 2.73 bits per heavy atom. The molecular formula is C8H11N3. The molecule has 1 aromatic rings. The molecule has 11 heavy (non-hydrogen) atoms. The number of rotatable bonds is 2. The number of hydrogen-bond donors (Lipinski definition) is 1. The molecule has 1 aromatic heterocycles. The van der Waals surface area contributed by atoms with Gasteiger partial charge in [0.25, 0.3) is 0 Å². The summed E-state index contributed by atoms with van der Waals surface area (Å²) in [4.78, 5) is 0. The number of nitrogens with one attached hydrogen (secondary N) is 1. The molecule has 0 saturated carbocycles. The van der Waals surface area contributed by atoms with Gasteiger partial charge in [0.05, 0.1) is 5.69 Å². The second kappa shape index (κ2) is 3.14. The first-order chi connectivity index (χ1) is 5.27. The second-order valence-corrected chi connectivity index (χ2v) is 2.25. The van der Waals surface area contributed by atoms with Crippen LogP contribution in [0.3, 0.4) is 0 Å². The van der Waals surface area contributed by atoms with Crippen LogP contribution >= 0.6 is 0 Å². The van der Waals surface area contributed by atoms with Crippen LogP contribution in [0.25, 0.3) is 6.08 Å². The Labute approximate surface area is 66.2 Å². The zero-order valence-electron chi connectivity index (χ0n) is 6.76. The zero-order chi connectivity index (χ0) is 8.27. The van der Waals surface area contributed by atoms with Gasteiger partial charge in [-0.15, -0.1) is 10.2 Å². The Balaban J connectivity index is 3.09. The quantitative estimate of drug-likeness (QED) is 0.692. The van der Waals surface area contributed by atoms with Crippen molar-refractivity contribution in [2.24, 2.45) is 0 Å². The van der Waals surface area contributed by atoms with Crippen molar-refractivity contribution in [2.45, 2.75) is 6.92 Å². The first-order valence-corrected chi connectivity index (χ1v) is 3.42. The molecule has 58 valence electrons. The third kappa shape index (κ3) is 1.55. The fraction of sp³-hybridized carbons (Fsp3) is 0.250. The predicted octanol–water partition coefficient (Wildman–Crippen LogP) is 1.47. The van der Waals surface area contributed by atoms with E-state index >= 15 is 0 Å². The first kappa shape index (κ1) is 7.72. The largest absolute Gasteiger partial charge is 0.371 e. The summed E-state index contributed by atoms with van der Waals surface area (Å²) in [7, 11) is 1.82. The lowest BCUT2D eigenvalue weighted by atomic mass is 10.2. The Kier molecular flexibility index (Phi) is 2.21. The van der Waals surface area contributed by atoms with Crippen molar-refractivity contribution >= 4 is 11.9 Å². The van der Waals surface area contributed by atoms with Crippen LogP contribution in [0.1, 0.15) is 11.3 Å². The van der Waals surface area contributed by atoms with Crippen LogP contribution in [0.15, 0.2) is 12.6 Å². The Bertz CT molecular complexity index is 268. The van der Waals surface area contributed by atoms with Crippen molar-refractivity contribution in [3.8, 4) is 0 Å². The topological polar surface area (TPSA) is 37.8 Å². The molecule has 0 fully saturated rings. The molecule has 0 radical (unpaired) electrons. The lowest BCUT2D eigenvalue weighted by molar-refractivity contribution is 1.00. The van der Waals surface area contributed by atoms with E-state index in [4.69, 9.17) is 0 Å². The van der Waals surface area contributed by atoms with Crippen LogP contribution in [-0.2, 0) is 0 Å². The van der Waals surface area contributed by atoms with Gasteiger partial charge in [-0.1, -0.05) is 6.58 Å². The first-order valence-electron chi connectivity index (χ1n) is 3.42. The van der Waals surface area contributed by atoms with Crippen LogP contribution < -0.4 is 5.32 Å². The average Bonchev–Trinajstić information content (AvgIpc) is 2.04. The van der Waals surface area contributed by atoms with Crippen molar-refractivity contribution in [3.05, 3.63) is 23.9 Å². The Morgan fingerprint density at radius 1 is 1.55 bits per heavy atom. The van der Waals surface area contributed by atoms with Crippen LogP contribution in [0.2, 0.25) is 0 Å². The summed E-state index contributed by atoms with van der Waals surface area (Å²) >= 11 is 0. The minimum atomic E-state index is 0.807. The lowest BCUT2D eigenvalue weighted by Gasteiger charge is -2.01. The molecule has 3 heteroatoms. The Hall–Kier alpha value is -1.38. The fourth-order valence-electron chi connectivity index (χ4n) is 0.853. The highest BCUT2D eigenvalue weighted by Crippen LogP contribution is 2.09. The van der Waals surface area contributed by atoms with Crippen molar-refractivity contribution in [2.75, 3.05) is 12.4 Å². The van der Waals surface area contributed by atoms with E-state index in [0.717, 1.165) is 17.1 Å². The summed E-state index contributed by atoms with van der Waals surface area (Å²) in [5.41, 5.74) is 1.89. The monoisotopic (exact) mass is 149 g/mol. The molecule has 3 nitrogen and oxygen atoms in total. The highest BCUT2D eigenvalue weighted by atomic mass is 15.2. The smallest absolute Gasteiger partial charge is 0.151 e. The van der Waals surface area contributed by atoms with E-state index in [9.17, 15) is 0 Å². The van der Waals surface area contributed by atoms with Crippen molar-refractivity contribution < 1.29 is 0 Å². The SMILES string of the molecule is C=Cc1cc(C)c(NC)nn1. The molecule has 0 bridgehead atoms. The highest BCUT2D eigenvalue weighted by Gasteiger charge is 1.97. The molecule has 0 aliphatic heterocycles. The van der Waals surface area contributed by atoms with Gasteiger partial charge in [0.15, 0.2) is 5.82 Å².